The lowest BCUT2D eigenvalue weighted by atomic mass is 10.1. The zero-order valence-electron chi connectivity index (χ0n) is 12.2. The van der Waals surface area contributed by atoms with E-state index in [9.17, 15) is 14.3 Å². The molecule has 0 saturated heterocycles. The molecular formula is C14H21FN2O2S. The van der Waals surface area contributed by atoms with Gasteiger partial charge in [-0.05, 0) is 45.2 Å². The molecule has 0 fully saturated rings. The van der Waals surface area contributed by atoms with E-state index in [-0.39, 0.29) is 18.4 Å². The van der Waals surface area contributed by atoms with Gasteiger partial charge in [-0.3, -0.25) is 0 Å². The highest BCUT2D eigenvalue weighted by atomic mass is 32.2. The second kappa shape index (κ2) is 6.95. The Hall–Kier alpha value is -1.27. The maximum Gasteiger partial charge on any atom is 0.321 e. The third-order valence-corrected chi connectivity index (χ3v) is 3.42. The normalized spacial score (nSPS) is 11.3. The van der Waals surface area contributed by atoms with Crippen LogP contribution in [-0.4, -0.2) is 41.0 Å². The van der Waals surface area contributed by atoms with Crippen LogP contribution in [0.4, 0.5) is 14.9 Å². The second-order valence-electron chi connectivity index (χ2n) is 5.11. The number of nitrogens with one attached hydrogen (secondary N) is 1. The summed E-state index contributed by atoms with van der Waals surface area (Å²) >= 11 is 1.31. The first kappa shape index (κ1) is 16.8. The van der Waals surface area contributed by atoms with Crippen LogP contribution in [0.25, 0.3) is 0 Å². The maximum atomic E-state index is 13.6. The number of anilines is 1. The molecule has 0 aromatic heterocycles. The largest absolute Gasteiger partial charge is 0.389 e. The number of likely N-dealkylation sites (N-methyl/N-ethyl adjacent to an activating group) is 1. The van der Waals surface area contributed by atoms with Gasteiger partial charge in [0, 0.05) is 17.1 Å². The molecule has 0 spiro atoms. The fraction of sp³-hybridized carbons (Fsp3) is 0.500. The van der Waals surface area contributed by atoms with Crippen molar-refractivity contribution in [1.29, 1.82) is 0 Å². The van der Waals surface area contributed by atoms with Crippen LogP contribution in [0.3, 0.4) is 0 Å². The van der Waals surface area contributed by atoms with Gasteiger partial charge in [-0.1, -0.05) is 0 Å². The average Bonchev–Trinajstić information content (AvgIpc) is 2.35. The van der Waals surface area contributed by atoms with Crippen molar-refractivity contribution in [3.63, 3.8) is 0 Å². The summed E-state index contributed by atoms with van der Waals surface area (Å²) in [6.45, 7) is 5.76. The quantitative estimate of drug-likeness (QED) is 0.821. The van der Waals surface area contributed by atoms with Crippen molar-refractivity contribution in [2.75, 3.05) is 24.7 Å². The summed E-state index contributed by atoms with van der Waals surface area (Å²) < 4.78 is 13.6. The zero-order valence-corrected chi connectivity index (χ0v) is 13.1. The highest BCUT2D eigenvalue weighted by Gasteiger charge is 2.21. The molecule has 0 aliphatic heterocycles. The van der Waals surface area contributed by atoms with E-state index in [0.717, 1.165) is 0 Å². The SMILES string of the molecule is CCN(CC(C)(C)O)C(=O)Nc1ccc(SC)c(F)c1. The lowest BCUT2D eigenvalue weighted by molar-refractivity contribution is 0.0501. The van der Waals surface area contributed by atoms with Gasteiger partial charge in [-0.2, -0.15) is 0 Å². The molecule has 112 valence electrons. The van der Waals surface area contributed by atoms with Gasteiger partial charge in [0.25, 0.3) is 0 Å². The van der Waals surface area contributed by atoms with Crippen LogP contribution in [0.1, 0.15) is 20.8 Å². The molecule has 1 rings (SSSR count). The number of carbonyl (C=O) groups excluding carboxylic acids is 1. The maximum absolute atomic E-state index is 13.6. The number of amides is 2. The Morgan fingerprint density at radius 3 is 2.60 bits per heavy atom. The first-order valence-electron chi connectivity index (χ1n) is 6.38. The fourth-order valence-electron chi connectivity index (χ4n) is 1.74. The second-order valence-corrected chi connectivity index (χ2v) is 5.95. The van der Waals surface area contributed by atoms with Gasteiger partial charge in [0.1, 0.15) is 5.82 Å². The number of nitrogens with zero attached hydrogens (tertiary/aromatic N) is 1. The van der Waals surface area contributed by atoms with E-state index >= 15 is 0 Å². The van der Waals surface area contributed by atoms with Crippen LogP contribution in [0.5, 0.6) is 0 Å². The summed E-state index contributed by atoms with van der Waals surface area (Å²) in [7, 11) is 0. The Morgan fingerprint density at radius 1 is 1.50 bits per heavy atom. The van der Waals surface area contributed by atoms with Gasteiger partial charge in [-0.15, -0.1) is 11.8 Å². The number of hydrogen-bond donors (Lipinski definition) is 2. The van der Waals surface area contributed by atoms with Gasteiger partial charge < -0.3 is 15.3 Å². The molecule has 20 heavy (non-hydrogen) atoms. The van der Waals surface area contributed by atoms with Crippen LogP contribution in [-0.2, 0) is 0 Å². The number of thioether (sulfide) groups is 1. The van der Waals surface area contributed by atoms with Gasteiger partial charge in [-0.25, -0.2) is 9.18 Å². The number of halogens is 1. The predicted molar refractivity (Wildman–Crippen MR) is 80.7 cm³/mol. The van der Waals surface area contributed by atoms with Gasteiger partial charge in [0.05, 0.1) is 12.1 Å². The Bertz CT molecular complexity index is 475. The summed E-state index contributed by atoms with van der Waals surface area (Å²) in [5.74, 6) is -0.360. The van der Waals surface area contributed by atoms with Crippen molar-refractivity contribution in [2.24, 2.45) is 0 Å². The minimum absolute atomic E-state index is 0.209. The van der Waals surface area contributed by atoms with Crippen molar-refractivity contribution >= 4 is 23.5 Å². The Balaban J connectivity index is 2.76. The van der Waals surface area contributed by atoms with E-state index in [0.29, 0.717) is 17.1 Å². The van der Waals surface area contributed by atoms with Crippen molar-refractivity contribution in [1.82, 2.24) is 4.90 Å². The van der Waals surface area contributed by atoms with Gasteiger partial charge in [0.15, 0.2) is 0 Å². The number of benzene rings is 1. The van der Waals surface area contributed by atoms with Crippen LogP contribution in [0.15, 0.2) is 23.1 Å². The summed E-state index contributed by atoms with van der Waals surface area (Å²) in [6.07, 6.45) is 1.79. The molecule has 0 heterocycles. The molecule has 0 saturated carbocycles. The molecular weight excluding hydrogens is 279 g/mol. The number of urea groups is 1. The van der Waals surface area contributed by atoms with E-state index in [1.54, 1.807) is 32.2 Å². The molecule has 0 unspecified atom stereocenters. The lowest BCUT2D eigenvalue weighted by Gasteiger charge is -2.28. The van der Waals surface area contributed by atoms with Crippen LogP contribution in [0, 0.1) is 5.82 Å². The first-order valence-corrected chi connectivity index (χ1v) is 7.61. The molecule has 2 amide bonds. The number of aliphatic hydroxyl groups is 1. The molecule has 0 radical (unpaired) electrons. The van der Waals surface area contributed by atoms with Crippen molar-refractivity contribution < 1.29 is 14.3 Å². The molecule has 1 aromatic rings. The molecule has 4 nitrogen and oxygen atoms in total. The molecule has 0 aliphatic carbocycles. The fourth-order valence-corrected chi connectivity index (χ4v) is 2.20. The van der Waals surface area contributed by atoms with Crippen LogP contribution < -0.4 is 5.32 Å². The smallest absolute Gasteiger partial charge is 0.321 e. The minimum atomic E-state index is -0.971. The lowest BCUT2D eigenvalue weighted by Crippen LogP contribution is -2.44. The van der Waals surface area contributed by atoms with Gasteiger partial charge in [0.2, 0.25) is 0 Å². The zero-order chi connectivity index (χ0) is 15.3. The van der Waals surface area contributed by atoms with Crippen LogP contribution >= 0.6 is 11.8 Å². The van der Waals surface area contributed by atoms with E-state index in [4.69, 9.17) is 0 Å². The third-order valence-electron chi connectivity index (χ3n) is 2.65. The van der Waals surface area contributed by atoms with E-state index in [1.807, 2.05) is 6.92 Å². The number of hydrogen-bond acceptors (Lipinski definition) is 3. The summed E-state index contributed by atoms with van der Waals surface area (Å²) in [4.78, 5) is 14.1. The predicted octanol–water partition coefficient (Wildman–Crippen LogP) is 3.17. The highest BCUT2D eigenvalue weighted by Crippen LogP contribution is 2.22. The molecule has 1 aromatic carbocycles. The first-order chi connectivity index (χ1) is 9.26. The third kappa shape index (κ3) is 5.02. The molecule has 0 aliphatic rings. The number of rotatable bonds is 5. The standard InChI is InChI=1S/C14H21FN2O2S/c1-5-17(9-14(2,3)19)13(18)16-10-6-7-12(20-4)11(15)8-10/h6-8,19H,5,9H2,1-4H3,(H,16,18). The van der Waals surface area contributed by atoms with Crippen molar-refractivity contribution in [3.8, 4) is 0 Å². The van der Waals surface area contributed by atoms with Crippen LogP contribution in [0.2, 0.25) is 0 Å². The minimum Gasteiger partial charge on any atom is -0.389 e. The highest BCUT2D eigenvalue weighted by molar-refractivity contribution is 7.98. The Labute approximate surface area is 123 Å². The van der Waals surface area contributed by atoms with Gasteiger partial charge >= 0.3 is 6.03 Å². The van der Waals surface area contributed by atoms with Crippen molar-refractivity contribution in [3.05, 3.63) is 24.0 Å². The average molecular weight is 300 g/mol. The molecule has 0 bridgehead atoms. The molecule has 2 N–H and O–H groups in total. The topological polar surface area (TPSA) is 52.6 Å². The Morgan fingerprint density at radius 2 is 2.15 bits per heavy atom. The number of carbonyl (C=O) groups is 1. The summed E-state index contributed by atoms with van der Waals surface area (Å²) in [5.41, 5.74) is -0.569. The molecule has 0 atom stereocenters. The van der Waals surface area contributed by atoms with Crippen molar-refractivity contribution in [2.45, 2.75) is 31.3 Å². The summed E-state index contributed by atoms with van der Waals surface area (Å²) in [5, 5.41) is 12.4. The van der Waals surface area contributed by atoms with E-state index < -0.39 is 5.60 Å². The summed E-state index contributed by atoms with van der Waals surface area (Å²) in [6, 6.07) is 4.22. The Kier molecular flexibility index (Phi) is 5.83. The monoisotopic (exact) mass is 300 g/mol. The van der Waals surface area contributed by atoms with E-state index in [2.05, 4.69) is 5.32 Å². The molecule has 6 heteroatoms. The van der Waals surface area contributed by atoms with E-state index in [1.165, 1.54) is 22.7 Å².